The molecule has 1 aliphatic rings. The van der Waals surface area contributed by atoms with Crippen molar-refractivity contribution in [1.29, 1.82) is 0 Å². The molecule has 0 spiro atoms. The van der Waals surface area contributed by atoms with Crippen LogP contribution < -0.4 is 0 Å². The molecule has 5 heteroatoms. The maximum absolute atomic E-state index is 13.7. The van der Waals surface area contributed by atoms with E-state index in [4.69, 9.17) is 0 Å². The molecule has 1 aromatic rings. The smallest absolute Gasteiger partial charge is 0.314 e. The van der Waals surface area contributed by atoms with Crippen molar-refractivity contribution < 1.29 is 19.4 Å². The summed E-state index contributed by atoms with van der Waals surface area (Å²) in [7, 11) is 3.61. The maximum atomic E-state index is 13.7. The molecule has 1 aliphatic carbocycles. The fourth-order valence-corrected chi connectivity index (χ4v) is 2.61. The normalized spacial score (nSPS) is 17.3. The molecule has 0 aromatic heterocycles. The highest BCUT2D eigenvalue weighted by Crippen LogP contribution is 2.48. The zero-order valence-corrected chi connectivity index (χ0v) is 11.1. The SMILES string of the molecule is CN(C)Cc1cc(F)cc(C2(C(=O)O)CCC2)c1O. The highest BCUT2D eigenvalue weighted by atomic mass is 19.1. The number of carboxylic acids is 1. The highest BCUT2D eigenvalue weighted by Gasteiger charge is 2.48. The molecule has 2 rings (SSSR count). The molecule has 0 bridgehead atoms. The van der Waals surface area contributed by atoms with E-state index < -0.39 is 17.2 Å². The van der Waals surface area contributed by atoms with Crippen molar-refractivity contribution in [2.45, 2.75) is 31.2 Å². The molecule has 0 atom stereocenters. The minimum Gasteiger partial charge on any atom is -0.507 e. The van der Waals surface area contributed by atoms with Gasteiger partial charge in [0.25, 0.3) is 0 Å². The summed E-state index contributed by atoms with van der Waals surface area (Å²) in [5.41, 5.74) is -0.483. The van der Waals surface area contributed by atoms with Crippen molar-refractivity contribution in [2.24, 2.45) is 0 Å². The number of nitrogens with zero attached hydrogens (tertiary/aromatic N) is 1. The fraction of sp³-hybridized carbons (Fsp3) is 0.500. The van der Waals surface area contributed by atoms with Crippen molar-refractivity contribution in [3.05, 3.63) is 29.1 Å². The van der Waals surface area contributed by atoms with Crippen LogP contribution in [0.4, 0.5) is 4.39 Å². The predicted molar refractivity (Wildman–Crippen MR) is 68.6 cm³/mol. The van der Waals surface area contributed by atoms with Gasteiger partial charge in [-0.1, -0.05) is 6.42 Å². The van der Waals surface area contributed by atoms with Crippen LogP contribution in [0.5, 0.6) is 5.75 Å². The molecule has 1 saturated carbocycles. The minimum absolute atomic E-state index is 0.0859. The number of aliphatic carboxylic acids is 1. The Hall–Kier alpha value is -1.62. The third-order valence-electron chi connectivity index (χ3n) is 3.77. The molecule has 1 fully saturated rings. The van der Waals surface area contributed by atoms with E-state index in [1.807, 2.05) is 0 Å². The molecule has 0 radical (unpaired) electrons. The first-order valence-electron chi connectivity index (χ1n) is 6.27. The van der Waals surface area contributed by atoms with Crippen LogP contribution in [0, 0.1) is 5.82 Å². The van der Waals surface area contributed by atoms with Crippen molar-refractivity contribution >= 4 is 5.97 Å². The molecule has 19 heavy (non-hydrogen) atoms. The highest BCUT2D eigenvalue weighted by molar-refractivity contribution is 5.84. The van der Waals surface area contributed by atoms with Gasteiger partial charge in [0.15, 0.2) is 0 Å². The lowest BCUT2D eigenvalue weighted by molar-refractivity contribution is -0.147. The molecule has 1 aromatic carbocycles. The first-order chi connectivity index (χ1) is 8.86. The molecule has 4 nitrogen and oxygen atoms in total. The fourth-order valence-electron chi connectivity index (χ4n) is 2.61. The van der Waals surface area contributed by atoms with E-state index >= 15 is 0 Å². The van der Waals surface area contributed by atoms with Crippen LogP contribution in [0.2, 0.25) is 0 Å². The van der Waals surface area contributed by atoms with Gasteiger partial charge >= 0.3 is 5.97 Å². The third kappa shape index (κ3) is 2.30. The molecule has 0 saturated heterocycles. The van der Waals surface area contributed by atoms with Crippen LogP contribution in [0.25, 0.3) is 0 Å². The average molecular weight is 267 g/mol. The Morgan fingerprint density at radius 2 is 2.05 bits per heavy atom. The number of hydrogen-bond acceptors (Lipinski definition) is 3. The number of aromatic hydroxyl groups is 1. The number of benzene rings is 1. The molecular formula is C14H18FNO3. The van der Waals surface area contributed by atoms with Crippen LogP contribution in [0.1, 0.15) is 30.4 Å². The van der Waals surface area contributed by atoms with Gasteiger partial charge in [0.1, 0.15) is 11.6 Å². The molecule has 104 valence electrons. The number of carbonyl (C=O) groups is 1. The van der Waals surface area contributed by atoms with Gasteiger partial charge in [0, 0.05) is 17.7 Å². The maximum Gasteiger partial charge on any atom is 0.314 e. The van der Waals surface area contributed by atoms with Crippen molar-refractivity contribution in [3.8, 4) is 5.75 Å². The second-order valence-electron chi connectivity index (χ2n) is 5.44. The molecular weight excluding hydrogens is 249 g/mol. The Bertz CT molecular complexity index is 510. The number of phenolic OH excluding ortho intramolecular Hbond substituents is 1. The number of rotatable bonds is 4. The lowest BCUT2D eigenvalue weighted by Gasteiger charge is -2.38. The van der Waals surface area contributed by atoms with Crippen LogP contribution in [-0.4, -0.2) is 35.2 Å². The molecule has 0 heterocycles. The van der Waals surface area contributed by atoms with Gasteiger partial charge in [-0.15, -0.1) is 0 Å². The summed E-state index contributed by atoms with van der Waals surface area (Å²) in [5, 5.41) is 19.6. The second-order valence-corrected chi connectivity index (χ2v) is 5.44. The van der Waals surface area contributed by atoms with E-state index in [9.17, 15) is 19.4 Å². The Labute approximate surface area is 111 Å². The van der Waals surface area contributed by atoms with Crippen molar-refractivity contribution in [3.63, 3.8) is 0 Å². The first kappa shape index (κ1) is 13.8. The lowest BCUT2D eigenvalue weighted by Crippen LogP contribution is -2.42. The van der Waals surface area contributed by atoms with E-state index in [2.05, 4.69) is 0 Å². The van der Waals surface area contributed by atoms with Gasteiger partial charge in [-0.2, -0.15) is 0 Å². The Morgan fingerprint density at radius 3 is 2.47 bits per heavy atom. The van der Waals surface area contributed by atoms with Gasteiger partial charge in [0.2, 0.25) is 0 Å². The Morgan fingerprint density at radius 1 is 1.42 bits per heavy atom. The average Bonchev–Trinajstić information content (AvgIpc) is 2.21. The lowest BCUT2D eigenvalue weighted by atomic mass is 9.64. The standard InChI is InChI=1S/C14H18FNO3/c1-16(2)8-9-6-10(15)7-11(12(9)17)14(13(18)19)4-3-5-14/h6-7,17H,3-5,8H2,1-2H3,(H,18,19). The van der Waals surface area contributed by atoms with Crippen LogP contribution in [0.15, 0.2) is 12.1 Å². The summed E-state index contributed by atoms with van der Waals surface area (Å²) in [6.45, 7) is 0.367. The van der Waals surface area contributed by atoms with Crippen molar-refractivity contribution in [1.82, 2.24) is 4.90 Å². The molecule has 2 N–H and O–H groups in total. The van der Waals surface area contributed by atoms with E-state index in [0.717, 1.165) is 12.5 Å². The van der Waals surface area contributed by atoms with Gasteiger partial charge in [0.05, 0.1) is 5.41 Å². The number of hydrogen-bond donors (Lipinski definition) is 2. The predicted octanol–water partition coefficient (Wildman–Crippen LogP) is 2.10. The third-order valence-corrected chi connectivity index (χ3v) is 3.77. The Kier molecular flexibility index (Phi) is 3.49. The minimum atomic E-state index is -1.12. The summed E-state index contributed by atoms with van der Waals surface area (Å²) in [5.74, 6) is -1.58. The van der Waals surface area contributed by atoms with Gasteiger partial charge in [-0.25, -0.2) is 4.39 Å². The summed E-state index contributed by atoms with van der Waals surface area (Å²) in [4.78, 5) is 13.3. The van der Waals surface area contributed by atoms with E-state index in [1.165, 1.54) is 6.07 Å². The second kappa shape index (κ2) is 4.81. The van der Waals surface area contributed by atoms with Crippen LogP contribution in [0.3, 0.4) is 0 Å². The van der Waals surface area contributed by atoms with Gasteiger partial charge in [-0.05, 0) is 39.1 Å². The summed E-state index contributed by atoms with van der Waals surface area (Å²) >= 11 is 0. The zero-order chi connectivity index (χ0) is 14.2. The Balaban J connectivity index is 2.51. The number of halogens is 1. The van der Waals surface area contributed by atoms with E-state index in [0.29, 0.717) is 24.9 Å². The van der Waals surface area contributed by atoms with Crippen molar-refractivity contribution in [2.75, 3.05) is 14.1 Å². The molecule has 0 amide bonds. The molecule has 0 unspecified atom stereocenters. The summed E-state index contributed by atoms with van der Waals surface area (Å²) in [6.07, 6.45) is 1.67. The van der Waals surface area contributed by atoms with Crippen LogP contribution in [-0.2, 0) is 16.8 Å². The zero-order valence-electron chi connectivity index (χ0n) is 11.1. The topological polar surface area (TPSA) is 60.8 Å². The quantitative estimate of drug-likeness (QED) is 0.877. The van der Waals surface area contributed by atoms with E-state index in [-0.39, 0.29) is 11.3 Å². The van der Waals surface area contributed by atoms with E-state index in [1.54, 1.807) is 19.0 Å². The summed E-state index contributed by atoms with van der Waals surface area (Å²) in [6, 6.07) is 2.41. The first-order valence-corrected chi connectivity index (χ1v) is 6.27. The largest absolute Gasteiger partial charge is 0.507 e. The van der Waals surface area contributed by atoms with Crippen LogP contribution >= 0.6 is 0 Å². The molecule has 0 aliphatic heterocycles. The monoisotopic (exact) mass is 267 g/mol. The number of phenols is 1. The number of carboxylic acid groups (broad SMARTS) is 1. The van der Waals surface area contributed by atoms with Gasteiger partial charge < -0.3 is 15.1 Å². The summed E-state index contributed by atoms with van der Waals surface area (Å²) < 4.78 is 13.7. The van der Waals surface area contributed by atoms with Gasteiger partial charge in [-0.3, -0.25) is 4.79 Å².